The lowest BCUT2D eigenvalue weighted by Gasteiger charge is -2.14. The number of ketones is 1. The van der Waals surface area contributed by atoms with Gasteiger partial charge in [0.25, 0.3) is 0 Å². The molecule has 0 bridgehead atoms. The third kappa shape index (κ3) is 5.52. The van der Waals surface area contributed by atoms with Crippen LogP contribution in [-0.4, -0.2) is 40.5 Å². The highest BCUT2D eigenvalue weighted by Crippen LogP contribution is 2.31. The molecule has 0 saturated heterocycles. The molecule has 1 N–H and O–H groups in total. The zero-order valence-corrected chi connectivity index (χ0v) is 20.0. The van der Waals surface area contributed by atoms with Gasteiger partial charge in [0, 0.05) is 22.5 Å². The van der Waals surface area contributed by atoms with Crippen LogP contribution in [0.4, 0.5) is 10.1 Å². The summed E-state index contributed by atoms with van der Waals surface area (Å²) in [4.78, 5) is 13.0. The monoisotopic (exact) mass is 496 g/mol. The van der Waals surface area contributed by atoms with Gasteiger partial charge in [0.15, 0.2) is 16.8 Å². The molecule has 4 rings (SSSR count). The fourth-order valence-electron chi connectivity index (χ4n) is 3.31. The van der Waals surface area contributed by atoms with Crippen molar-refractivity contribution in [1.82, 2.24) is 14.8 Å². The number of sulfonamides is 1. The number of hydrogen-bond donors (Lipinski definition) is 1. The van der Waals surface area contributed by atoms with E-state index in [1.807, 2.05) is 30.3 Å². The second-order valence-electron chi connectivity index (χ2n) is 7.56. The first-order chi connectivity index (χ1) is 16.2. The Bertz CT molecular complexity index is 1410. The van der Waals surface area contributed by atoms with E-state index >= 15 is 0 Å². The average molecular weight is 497 g/mol. The molecule has 1 heterocycles. The molecule has 0 radical (unpaired) electrons. The van der Waals surface area contributed by atoms with Gasteiger partial charge in [-0.15, -0.1) is 10.2 Å². The van der Waals surface area contributed by atoms with Crippen molar-refractivity contribution < 1.29 is 17.6 Å². The van der Waals surface area contributed by atoms with Crippen molar-refractivity contribution >= 4 is 33.3 Å². The normalized spacial score (nSPS) is 12.3. The van der Waals surface area contributed by atoms with E-state index < -0.39 is 15.3 Å². The van der Waals surface area contributed by atoms with Gasteiger partial charge >= 0.3 is 0 Å². The number of anilines is 1. The lowest BCUT2D eigenvalue weighted by atomic mass is 10.1. The molecular formula is C24H21FN4O3S2. The molecule has 0 saturated carbocycles. The van der Waals surface area contributed by atoms with Crippen molar-refractivity contribution in [2.24, 2.45) is 0 Å². The van der Waals surface area contributed by atoms with Crippen LogP contribution in [0, 0.1) is 5.82 Å². The number of aromatic nitrogens is 3. The number of Topliss-reactive ketones (excluding diaryl/α,β-unsaturated/α-hetero) is 1. The van der Waals surface area contributed by atoms with Gasteiger partial charge in [0.2, 0.25) is 10.0 Å². The summed E-state index contributed by atoms with van der Waals surface area (Å²) in [5.74, 6) is 0.0704. The Morgan fingerprint density at radius 3 is 2.24 bits per heavy atom. The molecule has 0 aliphatic heterocycles. The predicted molar refractivity (Wildman–Crippen MR) is 131 cm³/mol. The molecular weight excluding hydrogens is 475 g/mol. The van der Waals surface area contributed by atoms with Gasteiger partial charge < -0.3 is 0 Å². The fourth-order valence-corrected chi connectivity index (χ4v) is 4.82. The van der Waals surface area contributed by atoms with Gasteiger partial charge in [-0.2, -0.15) is 0 Å². The Morgan fingerprint density at radius 1 is 0.971 bits per heavy atom. The maximum Gasteiger partial charge on any atom is 0.229 e. The van der Waals surface area contributed by atoms with Crippen molar-refractivity contribution in [3.8, 4) is 17.1 Å². The van der Waals surface area contributed by atoms with Gasteiger partial charge in [0.05, 0.1) is 11.5 Å². The molecule has 0 aliphatic carbocycles. The Morgan fingerprint density at radius 2 is 1.62 bits per heavy atom. The molecule has 1 atom stereocenters. The fraction of sp³-hybridized carbons (Fsp3) is 0.125. The van der Waals surface area contributed by atoms with E-state index in [1.165, 1.54) is 23.9 Å². The second kappa shape index (κ2) is 9.78. The summed E-state index contributed by atoms with van der Waals surface area (Å²) in [6.45, 7) is 1.77. The Balaban J connectivity index is 1.62. The first-order valence-electron chi connectivity index (χ1n) is 10.3. The molecule has 3 aromatic carbocycles. The van der Waals surface area contributed by atoms with E-state index in [2.05, 4.69) is 14.9 Å². The van der Waals surface area contributed by atoms with E-state index in [0.717, 1.165) is 11.8 Å². The standard InChI is InChI=1S/C24H21FN4O3S2/c1-16(22(30)17-8-12-20(13-9-17)28-34(2,31)32)33-24-27-26-23(18-6-4-3-5-7-18)29(24)21-14-10-19(25)11-15-21/h3-16,28H,1-2H3. The van der Waals surface area contributed by atoms with E-state index in [9.17, 15) is 17.6 Å². The van der Waals surface area contributed by atoms with Crippen LogP contribution in [0.2, 0.25) is 0 Å². The SMILES string of the molecule is CC(Sc1nnc(-c2ccccc2)n1-c1ccc(F)cc1)C(=O)c1ccc(NS(C)(=O)=O)cc1. The number of halogens is 1. The van der Waals surface area contributed by atoms with Crippen LogP contribution < -0.4 is 4.72 Å². The van der Waals surface area contributed by atoms with Crippen molar-refractivity contribution in [3.63, 3.8) is 0 Å². The number of nitrogens with zero attached hydrogens (tertiary/aromatic N) is 3. The van der Waals surface area contributed by atoms with Crippen molar-refractivity contribution in [2.75, 3.05) is 11.0 Å². The van der Waals surface area contributed by atoms with Gasteiger partial charge in [0.1, 0.15) is 5.82 Å². The van der Waals surface area contributed by atoms with Gasteiger partial charge in [-0.3, -0.25) is 14.1 Å². The molecule has 1 aromatic heterocycles. The summed E-state index contributed by atoms with van der Waals surface area (Å²) in [6, 6.07) is 21.7. The third-order valence-corrected chi connectivity index (χ3v) is 6.52. The van der Waals surface area contributed by atoms with Gasteiger partial charge in [-0.1, -0.05) is 42.1 Å². The summed E-state index contributed by atoms with van der Waals surface area (Å²) in [5, 5.41) is 8.63. The van der Waals surface area contributed by atoms with Crippen LogP contribution in [0.5, 0.6) is 0 Å². The topological polar surface area (TPSA) is 93.9 Å². The predicted octanol–water partition coefficient (Wildman–Crippen LogP) is 4.81. The Hall–Kier alpha value is -3.50. The molecule has 0 fully saturated rings. The zero-order valence-electron chi connectivity index (χ0n) is 18.3. The van der Waals surface area contributed by atoms with Gasteiger partial charge in [-0.05, 0) is 55.5 Å². The van der Waals surface area contributed by atoms with Crippen LogP contribution in [0.25, 0.3) is 17.1 Å². The highest BCUT2D eigenvalue weighted by molar-refractivity contribution is 8.00. The second-order valence-corrected chi connectivity index (χ2v) is 10.6. The van der Waals surface area contributed by atoms with Crippen LogP contribution in [0.1, 0.15) is 17.3 Å². The number of thioether (sulfide) groups is 1. The van der Waals surface area contributed by atoms with Crippen LogP contribution in [-0.2, 0) is 10.0 Å². The van der Waals surface area contributed by atoms with E-state index in [-0.39, 0.29) is 11.6 Å². The van der Waals surface area contributed by atoms with Crippen LogP contribution in [0.15, 0.2) is 84.0 Å². The molecule has 0 amide bonds. The lowest BCUT2D eigenvalue weighted by molar-refractivity contribution is 0.0994. The first kappa shape index (κ1) is 23.7. The lowest BCUT2D eigenvalue weighted by Crippen LogP contribution is -2.15. The molecule has 0 spiro atoms. The maximum atomic E-state index is 13.5. The van der Waals surface area contributed by atoms with Crippen molar-refractivity contribution in [3.05, 3.63) is 90.2 Å². The van der Waals surface area contributed by atoms with E-state index in [0.29, 0.717) is 27.9 Å². The smallest absolute Gasteiger partial charge is 0.229 e. The number of carbonyl (C=O) groups excluding carboxylic acids is 1. The van der Waals surface area contributed by atoms with Crippen LogP contribution in [0.3, 0.4) is 0 Å². The molecule has 7 nitrogen and oxygen atoms in total. The average Bonchev–Trinajstić information content (AvgIpc) is 3.22. The summed E-state index contributed by atoms with van der Waals surface area (Å²) >= 11 is 1.24. The first-order valence-corrected chi connectivity index (χ1v) is 13.0. The largest absolute Gasteiger partial charge is 0.293 e. The summed E-state index contributed by atoms with van der Waals surface area (Å²) < 4.78 is 40.5. The number of benzene rings is 3. The van der Waals surface area contributed by atoms with Gasteiger partial charge in [-0.25, -0.2) is 12.8 Å². The highest BCUT2D eigenvalue weighted by atomic mass is 32.2. The molecule has 4 aromatic rings. The molecule has 34 heavy (non-hydrogen) atoms. The Kier molecular flexibility index (Phi) is 6.80. The Labute approximate surface area is 201 Å². The highest BCUT2D eigenvalue weighted by Gasteiger charge is 2.23. The number of carbonyl (C=O) groups is 1. The molecule has 174 valence electrons. The number of rotatable bonds is 8. The minimum atomic E-state index is -3.40. The molecule has 1 unspecified atom stereocenters. The summed E-state index contributed by atoms with van der Waals surface area (Å²) in [6.07, 6.45) is 1.06. The van der Waals surface area contributed by atoms with Crippen molar-refractivity contribution in [1.29, 1.82) is 0 Å². The zero-order chi connectivity index (χ0) is 24.3. The van der Waals surface area contributed by atoms with E-state index in [4.69, 9.17) is 0 Å². The number of hydrogen-bond acceptors (Lipinski definition) is 6. The van der Waals surface area contributed by atoms with Crippen LogP contribution >= 0.6 is 11.8 Å². The summed E-state index contributed by atoms with van der Waals surface area (Å²) in [5.41, 5.74) is 2.32. The number of nitrogens with one attached hydrogen (secondary N) is 1. The summed E-state index contributed by atoms with van der Waals surface area (Å²) in [7, 11) is -3.40. The van der Waals surface area contributed by atoms with Crippen molar-refractivity contribution in [2.45, 2.75) is 17.3 Å². The molecule has 10 heteroatoms. The minimum Gasteiger partial charge on any atom is -0.293 e. The molecule has 0 aliphatic rings. The van der Waals surface area contributed by atoms with E-state index in [1.54, 1.807) is 47.9 Å². The maximum absolute atomic E-state index is 13.5. The minimum absolute atomic E-state index is 0.147. The third-order valence-electron chi connectivity index (χ3n) is 4.87. The quantitative estimate of drug-likeness (QED) is 0.278.